The molecule has 0 amide bonds. The molecule has 0 aliphatic carbocycles. The van der Waals surface area contributed by atoms with E-state index >= 15 is 0 Å². The van der Waals surface area contributed by atoms with E-state index in [1.54, 1.807) is 13.2 Å². The summed E-state index contributed by atoms with van der Waals surface area (Å²) in [5, 5.41) is 8.72. The Hall–Kier alpha value is -0.220. The SMILES string of the molecule is [2H]N([2H])[C@]([2H])(C(=O)O)C(C)CSC. The Labute approximate surface area is 69.3 Å². The standard InChI is InChI=1S/C6H13NO2S/c1-4(3-10-2)5(7)6(8)9/h4-5H,3,7H2,1-2H3,(H,8,9)/t4?,5-/m0/s1/i5D/hD2. The molecule has 0 aromatic rings. The minimum atomic E-state index is -2.18. The first-order chi connectivity index (χ1) is 5.87. The van der Waals surface area contributed by atoms with Gasteiger partial charge in [0, 0.05) is 0 Å². The fraction of sp³-hybridized carbons (Fsp3) is 0.833. The minimum Gasteiger partial charge on any atom is -0.480 e. The fourth-order valence-corrected chi connectivity index (χ4v) is 1.20. The van der Waals surface area contributed by atoms with Gasteiger partial charge in [-0.25, -0.2) is 0 Å². The molecular weight excluding hydrogens is 150 g/mol. The van der Waals surface area contributed by atoms with E-state index in [2.05, 4.69) is 0 Å². The maximum atomic E-state index is 10.7. The summed E-state index contributed by atoms with van der Waals surface area (Å²) >= 11 is 1.39. The van der Waals surface area contributed by atoms with Crippen molar-refractivity contribution in [1.82, 2.24) is 0 Å². The minimum absolute atomic E-state index is 0.0593. The van der Waals surface area contributed by atoms with Crippen LogP contribution in [0.5, 0.6) is 0 Å². The van der Waals surface area contributed by atoms with Crippen LogP contribution in [0.25, 0.3) is 0 Å². The Balaban J connectivity index is 4.68. The van der Waals surface area contributed by atoms with Crippen molar-refractivity contribution in [3.63, 3.8) is 0 Å². The zero-order valence-corrected chi connectivity index (χ0v) is 6.81. The summed E-state index contributed by atoms with van der Waals surface area (Å²) in [6, 6.07) is -2.18. The molecule has 0 aliphatic rings. The molecule has 60 valence electrons. The maximum Gasteiger partial charge on any atom is 0.320 e. The van der Waals surface area contributed by atoms with Crippen LogP contribution < -0.4 is 5.72 Å². The Kier molecular flexibility index (Phi) is 2.48. The first-order valence-electron chi connectivity index (χ1n) is 4.27. The van der Waals surface area contributed by atoms with Gasteiger partial charge in [0.2, 0.25) is 0 Å². The third-order valence-electron chi connectivity index (χ3n) is 1.10. The number of thioether (sulfide) groups is 1. The summed E-state index contributed by atoms with van der Waals surface area (Å²) in [5.74, 6) is -1.60. The van der Waals surface area contributed by atoms with Crippen molar-refractivity contribution in [2.24, 2.45) is 11.6 Å². The number of hydrogen-bond donors (Lipinski definition) is 2. The average Bonchev–Trinajstić information content (AvgIpc) is 2.02. The van der Waals surface area contributed by atoms with E-state index in [9.17, 15) is 4.79 Å². The summed E-state index contributed by atoms with van der Waals surface area (Å²) in [7, 11) is 0. The van der Waals surface area contributed by atoms with E-state index in [1.165, 1.54) is 11.8 Å². The lowest BCUT2D eigenvalue weighted by atomic mass is 10.1. The van der Waals surface area contributed by atoms with Gasteiger partial charge in [-0.3, -0.25) is 4.79 Å². The summed E-state index contributed by atoms with van der Waals surface area (Å²) in [4.78, 5) is 10.7. The second kappa shape index (κ2) is 4.57. The quantitative estimate of drug-likeness (QED) is 0.620. The van der Waals surface area contributed by atoms with E-state index in [0.29, 0.717) is 5.75 Å². The number of carbonyl (C=O) groups is 1. The number of carboxylic acids is 1. The van der Waals surface area contributed by atoms with E-state index in [1.807, 2.05) is 0 Å². The van der Waals surface area contributed by atoms with E-state index in [4.69, 9.17) is 9.30 Å². The first kappa shape index (κ1) is 5.43. The van der Waals surface area contributed by atoms with Gasteiger partial charge in [0.15, 0.2) is 0 Å². The molecule has 2 atom stereocenters. The smallest absolute Gasteiger partial charge is 0.320 e. The molecule has 0 spiro atoms. The molecular formula is C6H13NO2S. The topological polar surface area (TPSA) is 63.3 Å². The Morgan fingerprint density at radius 2 is 2.70 bits per heavy atom. The van der Waals surface area contributed by atoms with Crippen molar-refractivity contribution in [2.45, 2.75) is 12.9 Å². The molecule has 3 N–H and O–H groups in total. The molecule has 4 heteroatoms. The second-order valence-electron chi connectivity index (χ2n) is 2.05. The largest absolute Gasteiger partial charge is 0.480 e. The summed E-state index contributed by atoms with van der Waals surface area (Å²) in [5.41, 5.74) is -0.0593. The van der Waals surface area contributed by atoms with Crippen molar-refractivity contribution in [3.05, 3.63) is 0 Å². The normalized spacial score (nSPS) is 24.1. The van der Waals surface area contributed by atoms with Crippen LogP contribution in [0.3, 0.4) is 0 Å². The molecule has 0 saturated carbocycles. The van der Waals surface area contributed by atoms with Crippen molar-refractivity contribution < 1.29 is 14.1 Å². The molecule has 0 fully saturated rings. The van der Waals surface area contributed by atoms with Gasteiger partial charge in [0.1, 0.15) is 8.84 Å². The molecule has 0 saturated heterocycles. The molecule has 0 heterocycles. The van der Waals surface area contributed by atoms with Crippen LogP contribution >= 0.6 is 11.8 Å². The van der Waals surface area contributed by atoms with Gasteiger partial charge >= 0.3 is 5.97 Å². The summed E-state index contributed by atoms with van der Waals surface area (Å²) in [6.07, 6.45) is 1.79. The predicted octanol–water partition coefficient (Wildman–Crippen LogP) is 0.397. The molecule has 0 aromatic carbocycles. The van der Waals surface area contributed by atoms with Gasteiger partial charge in [-0.15, -0.1) is 0 Å². The Bertz CT molecular complexity index is 193. The van der Waals surface area contributed by atoms with Gasteiger partial charge in [0.05, 0.1) is 1.37 Å². The van der Waals surface area contributed by atoms with Gasteiger partial charge in [-0.1, -0.05) is 6.92 Å². The van der Waals surface area contributed by atoms with E-state index in [0.717, 1.165) is 0 Å². The number of aliphatic carboxylic acids is 1. The summed E-state index contributed by atoms with van der Waals surface area (Å²) < 4.78 is 21.3. The highest BCUT2D eigenvalue weighted by atomic mass is 32.2. The molecule has 0 rings (SSSR count). The maximum absolute atomic E-state index is 10.7. The van der Waals surface area contributed by atoms with Gasteiger partial charge in [0.25, 0.3) is 0 Å². The third-order valence-corrected chi connectivity index (χ3v) is 1.94. The third kappa shape index (κ3) is 3.08. The monoisotopic (exact) mass is 166 g/mol. The molecule has 0 aliphatic heterocycles. The first-order valence-corrected chi connectivity index (χ1v) is 4.27. The van der Waals surface area contributed by atoms with Crippen LogP contribution in [-0.2, 0) is 4.79 Å². The number of carboxylic acid groups (broad SMARTS) is 1. The lowest BCUT2D eigenvalue weighted by Crippen LogP contribution is -2.37. The lowest BCUT2D eigenvalue weighted by Gasteiger charge is -2.13. The molecule has 10 heavy (non-hydrogen) atoms. The van der Waals surface area contributed by atoms with Crippen LogP contribution in [0.2, 0.25) is 2.82 Å². The highest BCUT2D eigenvalue weighted by Gasteiger charge is 2.18. The van der Waals surface area contributed by atoms with Crippen molar-refractivity contribution >= 4 is 17.7 Å². The van der Waals surface area contributed by atoms with Crippen molar-refractivity contribution in [3.8, 4) is 0 Å². The van der Waals surface area contributed by atoms with Crippen LogP contribution in [0.1, 0.15) is 8.29 Å². The Morgan fingerprint density at radius 3 is 3.00 bits per heavy atom. The molecule has 0 aromatic heterocycles. The van der Waals surface area contributed by atoms with Crippen molar-refractivity contribution in [2.75, 3.05) is 12.0 Å². The highest BCUT2D eigenvalue weighted by molar-refractivity contribution is 7.98. The Morgan fingerprint density at radius 1 is 2.10 bits per heavy atom. The second-order valence-corrected chi connectivity index (χ2v) is 2.96. The van der Waals surface area contributed by atoms with Gasteiger partial charge < -0.3 is 10.8 Å². The average molecular weight is 166 g/mol. The molecule has 3 nitrogen and oxygen atoms in total. The highest BCUT2D eigenvalue weighted by Crippen LogP contribution is 2.07. The molecule has 1 unspecified atom stereocenters. The van der Waals surface area contributed by atoms with E-state index in [-0.39, 0.29) is 5.72 Å². The van der Waals surface area contributed by atoms with Crippen LogP contribution in [-0.4, -0.2) is 29.1 Å². The summed E-state index contributed by atoms with van der Waals surface area (Å²) in [6.45, 7) is 1.55. The van der Waals surface area contributed by atoms with Gasteiger partial charge in [-0.2, -0.15) is 11.8 Å². The predicted molar refractivity (Wildman–Crippen MR) is 43.2 cm³/mol. The fourth-order valence-electron chi connectivity index (χ4n) is 0.540. The van der Waals surface area contributed by atoms with Crippen molar-refractivity contribution in [1.29, 1.82) is 0 Å². The number of nitrogens with two attached hydrogens (primary N) is 1. The van der Waals surface area contributed by atoms with Crippen LogP contribution in [0.4, 0.5) is 0 Å². The number of hydrogen-bond acceptors (Lipinski definition) is 3. The van der Waals surface area contributed by atoms with Gasteiger partial charge in [-0.05, 0) is 17.9 Å². The number of rotatable bonds is 5. The zero-order valence-electron chi connectivity index (χ0n) is 9.00. The zero-order chi connectivity index (χ0) is 10.6. The van der Waals surface area contributed by atoms with Crippen LogP contribution in [0.15, 0.2) is 0 Å². The molecule has 0 radical (unpaired) electrons. The lowest BCUT2D eigenvalue weighted by molar-refractivity contribution is -0.139. The van der Waals surface area contributed by atoms with E-state index < -0.39 is 17.9 Å². The molecule has 0 bridgehead atoms. The van der Waals surface area contributed by atoms with Crippen LogP contribution in [0, 0.1) is 5.92 Å².